The van der Waals surface area contributed by atoms with Gasteiger partial charge in [-0.25, -0.2) is 0 Å². The molecule has 3 aromatic carbocycles. The number of carbonyl (C=O) groups excluding carboxylic acids is 1. The van der Waals surface area contributed by atoms with Gasteiger partial charge < -0.3 is 19.4 Å². The van der Waals surface area contributed by atoms with Crippen LogP contribution in [-0.4, -0.2) is 37.0 Å². The Morgan fingerprint density at radius 2 is 1.77 bits per heavy atom. The first-order valence-corrected chi connectivity index (χ1v) is 10.3. The average molecular weight is 400 g/mol. The van der Waals surface area contributed by atoms with Gasteiger partial charge >= 0.3 is 0 Å². The highest BCUT2D eigenvalue weighted by molar-refractivity contribution is 6.10. The van der Waals surface area contributed by atoms with Crippen molar-refractivity contribution in [2.45, 2.75) is 18.9 Å². The van der Waals surface area contributed by atoms with Gasteiger partial charge in [-0.05, 0) is 67.1 Å². The second kappa shape index (κ2) is 7.84. The van der Waals surface area contributed by atoms with Crippen LogP contribution in [0.25, 0.3) is 21.7 Å². The predicted molar refractivity (Wildman–Crippen MR) is 119 cm³/mol. The Hall–Kier alpha value is -3.31. The first-order chi connectivity index (χ1) is 14.7. The second-order valence-corrected chi connectivity index (χ2v) is 7.91. The third-order valence-corrected chi connectivity index (χ3v) is 5.73. The molecule has 5 nitrogen and oxygen atoms in total. The maximum atomic E-state index is 12.7. The molecule has 1 amide bonds. The molecule has 4 aromatic rings. The van der Waals surface area contributed by atoms with Gasteiger partial charge in [-0.3, -0.25) is 4.79 Å². The summed E-state index contributed by atoms with van der Waals surface area (Å²) in [6, 6.07) is 21.3. The highest BCUT2D eigenvalue weighted by atomic mass is 16.5. The van der Waals surface area contributed by atoms with E-state index in [1.807, 2.05) is 60.7 Å². The van der Waals surface area contributed by atoms with Gasteiger partial charge in [0, 0.05) is 24.2 Å². The summed E-state index contributed by atoms with van der Waals surface area (Å²) in [4.78, 5) is 15.0. The number of hydrogen-bond donors (Lipinski definition) is 1. The lowest BCUT2D eigenvalue weighted by Crippen LogP contribution is -2.35. The molecule has 0 aliphatic carbocycles. The molecule has 30 heavy (non-hydrogen) atoms. The minimum Gasteiger partial charge on any atom is -0.490 e. The summed E-state index contributed by atoms with van der Waals surface area (Å²) in [5.74, 6) is 0.866. The van der Waals surface area contributed by atoms with Crippen molar-refractivity contribution in [2.24, 2.45) is 0 Å². The van der Waals surface area contributed by atoms with Crippen molar-refractivity contribution in [1.29, 1.82) is 0 Å². The van der Waals surface area contributed by atoms with Crippen molar-refractivity contribution in [2.75, 3.05) is 25.5 Å². The van der Waals surface area contributed by atoms with Gasteiger partial charge in [-0.2, -0.15) is 0 Å². The van der Waals surface area contributed by atoms with Crippen molar-refractivity contribution < 1.29 is 13.9 Å². The Morgan fingerprint density at radius 1 is 1.00 bits per heavy atom. The van der Waals surface area contributed by atoms with E-state index in [1.54, 1.807) is 0 Å². The van der Waals surface area contributed by atoms with Crippen molar-refractivity contribution in [3.8, 4) is 5.75 Å². The number of anilines is 1. The van der Waals surface area contributed by atoms with Crippen molar-refractivity contribution in [3.63, 3.8) is 0 Å². The summed E-state index contributed by atoms with van der Waals surface area (Å²) in [6.07, 6.45) is 2.33. The van der Waals surface area contributed by atoms with E-state index in [-0.39, 0.29) is 12.0 Å². The number of furan rings is 1. The quantitative estimate of drug-likeness (QED) is 0.504. The summed E-state index contributed by atoms with van der Waals surface area (Å²) < 4.78 is 11.9. The monoisotopic (exact) mass is 400 g/mol. The van der Waals surface area contributed by atoms with E-state index in [0.717, 1.165) is 47.8 Å². The second-order valence-electron chi connectivity index (χ2n) is 7.91. The molecule has 1 saturated heterocycles. The van der Waals surface area contributed by atoms with E-state index >= 15 is 0 Å². The Kier molecular flexibility index (Phi) is 4.89. The molecule has 0 unspecified atom stereocenters. The molecule has 0 spiro atoms. The third kappa shape index (κ3) is 3.76. The number of carbonyl (C=O) groups is 1. The van der Waals surface area contributed by atoms with Gasteiger partial charge in [0.25, 0.3) is 5.91 Å². The lowest BCUT2D eigenvalue weighted by atomic mass is 10.1. The van der Waals surface area contributed by atoms with Gasteiger partial charge in [0.05, 0.1) is 0 Å². The van der Waals surface area contributed by atoms with Crippen LogP contribution in [0.1, 0.15) is 23.4 Å². The number of piperidine rings is 1. The number of nitrogens with zero attached hydrogens (tertiary/aromatic N) is 1. The molecule has 1 aliphatic heterocycles. The molecule has 152 valence electrons. The van der Waals surface area contributed by atoms with Gasteiger partial charge in [0.15, 0.2) is 5.76 Å². The molecule has 5 rings (SSSR count). The fourth-order valence-electron chi connectivity index (χ4n) is 4.01. The van der Waals surface area contributed by atoms with E-state index in [0.29, 0.717) is 17.0 Å². The Bertz CT molecular complexity index is 1190. The molecule has 1 aromatic heterocycles. The highest BCUT2D eigenvalue weighted by Gasteiger charge is 2.18. The number of ether oxygens (including phenoxy) is 1. The largest absolute Gasteiger partial charge is 0.490 e. The molecule has 1 fully saturated rings. The van der Waals surface area contributed by atoms with Gasteiger partial charge in [0.1, 0.15) is 17.4 Å². The zero-order chi connectivity index (χ0) is 20.5. The lowest BCUT2D eigenvalue weighted by molar-refractivity contribution is 0.0998. The first-order valence-electron chi connectivity index (χ1n) is 10.3. The van der Waals surface area contributed by atoms with Crippen molar-refractivity contribution in [1.82, 2.24) is 4.90 Å². The SMILES string of the molecule is CN1CCC(Oc2ccc(NC(=O)c3cc4c(ccc5ccccc54)o3)cc2)CC1. The minimum atomic E-state index is -0.265. The molecule has 0 bridgehead atoms. The average Bonchev–Trinajstić information content (AvgIpc) is 3.22. The van der Waals surface area contributed by atoms with Crippen LogP contribution in [0.3, 0.4) is 0 Å². The highest BCUT2D eigenvalue weighted by Crippen LogP contribution is 2.28. The van der Waals surface area contributed by atoms with Gasteiger partial charge in [-0.1, -0.05) is 30.3 Å². The lowest BCUT2D eigenvalue weighted by Gasteiger charge is -2.29. The van der Waals surface area contributed by atoms with Crippen LogP contribution >= 0.6 is 0 Å². The molecular formula is C25H24N2O3. The topological polar surface area (TPSA) is 54.7 Å². The zero-order valence-corrected chi connectivity index (χ0v) is 16.9. The maximum Gasteiger partial charge on any atom is 0.291 e. The molecule has 1 N–H and O–H groups in total. The van der Waals surface area contributed by atoms with Crippen LogP contribution in [-0.2, 0) is 0 Å². The molecule has 0 saturated carbocycles. The number of hydrogen-bond acceptors (Lipinski definition) is 4. The van der Waals surface area contributed by atoms with Crippen molar-refractivity contribution in [3.05, 3.63) is 72.5 Å². The Labute approximate surface area is 175 Å². The van der Waals surface area contributed by atoms with E-state index in [4.69, 9.17) is 9.15 Å². The smallest absolute Gasteiger partial charge is 0.291 e. The number of likely N-dealkylation sites (tertiary alicyclic amines) is 1. The first kappa shape index (κ1) is 18.7. The predicted octanol–water partition coefficient (Wildman–Crippen LogP) is 5.31. The number of fused-ring (bicyclic) bond motifs is 3. The number of amides is 1. The maximum absolute atomic E-state index is 12.7. The van der Waals surface area contributed by atoms with Crippen LogP contribution in [0.4, 0.5) is 5.69 Å². The van der Waals surface area contributed by atoms with Crippen LogP contribution in [0.2, 0.25) is 0 Å². The molecule has 5 heteroatoms. The van der Waals surface area contributed by atoms with E-state index < -0.39 is 0 Å². The zero-order valence-electron chi connectivity index (χ0n) is 16.9. The normalized spacial score (nSPS) is 15.5. The van der Waals surface area contributed by atoms with Crippen LogP contribution in [0, 0.1) is 0 Å². The van der Waals surface area contributed by atoms with Crippen LogP contribution in [0.5, 0.6) is 5.75 Å². The van der Waals surface area contributed by atoms with Crippen molar-refractivity contribution >= 4 is 33.3 Å². The summed E-state index contributed by atoms with van der Waals surface area (Å²) in [5, 5.41) is 6.05. The molecular weight excluding hydrogens is 376 g/mol. The molecule has 2 heterocycles. The van der Waals surface area contributed by atoms with E-state index in [9.17, 15) is 4.79 Å². The fourth-order valence-corrected chi connectivity index (χ4v) is 4.01. The summed E-state index contributed by atoms with van der Waals surface area (Å²) in [5.41, 5.74) is 1.42. The standard InChI is InChI=1S/C25H24N2O3/c1-27-14-12-20(13-15-27)29-19-9-7-18(8-10-19)26-25(28)24-16-22-21-5-3-2-4-17(21)6-11-23(22)30-24/h2-11,16,20H,12-15H2,1H3,(H,26,28). The van der Waals surface area contributed by atoms with Gasteiger partial charge in [0.2, 0.25) is 0 Å². The number of benzene rings is 3. The van der Waals surface area contributed by atoms with Crippen LogP contribution < -0.4 is 10.1 Å². The fraction of sp³-hybridized carbons (Fsp3) is 0.240. The summed E-state index contributed by atoms with van der Waals surface area (Å²) >= 11 is 0. The van der Waals surface area contributed by atoms with E-state index in [2.05, 4.69) is 23.3 Å². The minimum absolute atomic E-state index is 0.256. The Morgan fingerprint density at radius 3 is 2.57 bits per heavy atom. The van der Waals surface area contributed by atoms with Crippen LogP contribution in [0.15, 0.2) is 71.1 Å². The van der Waals surface area contributed by atoms with E-state index in [1.165, 1.54) is 0 Å². The third-order valence-electron chi connectivity index (χ3n) is 5.73. The Balaban J connectivity index is 1.28. The number of rotatable bonds is 4. The number of nitrogens with one attached hydrogen (secondary N) is 1. The van der Waals surface area contributed by atoms with Gasteiger partial charge in [-0.15, -0.1) is 0 Å². The molecule has 1 aliphatic rings. The molecule has 0 radical (unpaired) electrons. The summed E-state index contributed by atoms with van der Waals surface area (Å²) in [6.45, 7) is 2.12. The summed E-state index contributed by atoms with van der Waals surface area (Å²) in [7, 11) is 2.14. The molecule has 0 atom stereocenters.